The molecule has 34 heavy (non-hydrogen) atoms. The molecular formula is C33H33F. The number of halogens is 1. The molecule has 0 amide bonds. The van der Waals surface area contributed by atoms with E-state index in [2.05, 4.69) is 56.6 Å². The van der Waals surface area contributed by atoms with Crippen LogP contribution in [0.3, 0.4) is 0 Å². The van der Waals surface area contributed by atoms with Gasteiger partial charge in [0.05, 0.1) is 5.56 Å². The lowest BCUT2D eigenvalue weighted by Crippen LogP contribution is -2.15. The summed E-state index contributed by atoms with van der Waals surface area (Å²) in [7, 11) is 0. The monoisotopic (exact) mass is 448 g/mol. The molecule has 3 aromatic rings. The number of aryl methyl sites for hydroxylation is 3. The van der Waals surface area contributed by atoms with Crippen LogP contribution in [0, 0.1) is 62.1 Å². The maximum atomic E-state index is 14.7. The number of benzene rings is 3. The van der Waals surface area contributed by atoms with Gasteiger partial charge in [0.1, 0.15) is 5.82 Å². The molecule has 0 aromatic heterocycles. The molecule has 0 bridgehead atoms. The van der Waals surface area contributed by atoms with E-state index < -0.39 is 0 Å². The fraction of sp³-hybridized carbons (Fsp3) is 0.333. The Kier molecular flexibility index (Phi) is 7.55. The molecule has 172 valence electrons. The Labute approximate surface area is 204 Å². The molecule has 0 saturated heterocycles. The average Bonchev–Trinajstić information content (AvgIpc) is 2.81. The van der Waals surface area contributed by atoms with Crippen molar-refractivity contribution in [2.24, 2.45) is 11.8 Å². The molecule has 1 aliphatic carbocycles. The van der Waals surface area contributed by atoms with Crippen LogP contribution in [0.1, 0.15) is 77.1 Å². The maximum absolute atomic E-state index is 14.7. The van der Waals surface area contributed by atoms with Gasteiger partial charge in [-0.3, -0.25) is 0 Å². The van der Waals surface area contributed by atoms with Crippen LogP contribution in [0.4, 0.5) is 4.39 Å². The van der Waals surface area contributed by atoms with Crippen molar-refractivity contribution in [1.82, 2.24) is 0 Å². The minimum absolute atomic E-state index is 0.334. The van der Waals surface area contributed by atoms with Crippen molar-refractivity contribution >= 4 is 0 Å². The van der Waals surface area contributed by atoms with Gasteiger partial charge in [0, 0.05) is 16.7 Å². The summed E-state index contributed by atoms with van der Waals surface area (Å²) in [5.74, 6) is 13.7. The van der Waals surface area contributed by atoms with Crippen molar-refractivity contribution in [3.63, 3.8) is 0 Å². The summed E-state index contributed by atoms with van der Waals surface area (Å²) in [6.45, 7) is 8.78. The quantitative estimate of drug-likeness (QED) is 0.349. The Morgan fingerprint density at radius 1 is 0.706 bits per heavy atom. The highest BCUT2D eigenvalue weighted by Gasteiger charge is 2.20. The highest BCUT2D eigenvalue weighted by atomic mass is 19.1. The van der Waals surface area contributed by atoms with Gasteiger partial charge in [-0.15, -0.1) is 0 Å². The second-order valence-corrected chi connectivity index (χ2v) is 9.98. The Bertz CT molecular complexity index is 1260. The Morgan fingerprint density at radius 2 is 1.29 bits per heavy atom. The lowest BCUT2D eigenvalue weighted by Gasteiger charge is -2.27. The van der Waals surface area contributed by atoms with Crippen LogP contribution in [0.25, 0.3) is 0 Å². The summed E-state index contributed by atoms with van der Waals surface area (Å²) in [5, 5.41) is 0. The van der Waals surface area contributed by atoms with Crippen LogP contribution in [0.5, 0.6) is 0 Å². The van der Waals surface area contributed by atoms with Gasteiger partial charge in [-0.25, -0.2) is 4.39 Å². The first kappa shape index (κ1) is 23.9. The summed E-state index contributed by atoms with van der Waals surface area (Å²) < 4.78 is 14.7. The molecule has 1 aliphatic rings. The van der Waals surface area contributed by atoms with Gasteiger partial charge in [-0.05, 0) is 111 Å². The standard InChI is InChI=1S/C33H33F/c1-23-5-9-27(10-6-23)13-14-29-15-17-31(33(34)22-29)18-16-30-19-25(3)32(26(4)20-30)21-28-11-7-24(2)8-12-28/h5-6,9-10,15,17,19-20,22,24,28H,7-8,11-12,21H2,1-4H3. The first-order valence-corrected chi connectivity index (χ1v) is 12.4. The number of hydrogen-bond acceptors (Lipinski definition) is 0. The Hall–Kier alpha value is -3.29. The molecule has 3 aromatic carbocycles. The third kappa shape index (κ3) is 6.18. The molecule has 0 atom stereocenters. The van der Waals surface area contributed by atoms with Gasteiger partial charge in [-0.1, -0.05) is 61.1 Å². The zero-order valence-electron chi connectivity index (χ0n) is 20.8. The SMILES string of the molecule is Cc1ccc(C#Cc2ccc(C#Cc3cc(C)c(CC4CCC(C)CC4)c(C)c3)c(F)c2)cc1. The van der Waals surface area contributed by atoms with Gasteiger partial charge in [0.25, 0.3) is 0 Å². The number of hydrogen-bond donors (Lipinski definition) is 0. The van der Waals surface area contributed by atoms with Crippen molar-refractivity contribution in [3.05, 3.63) is 105 Å². The van der Waals surface area contributed by atoms with E-state index in [-0.39, 0.29) is 5.82 Å². The summed E-state index contributed by atoms with van der Waals surface area (Å²) in [5.41, 5.74) is 8.16. The third-order valence-electron chi connectivity index (χ3n) is 7.04. The van der Waals surface area contributed by atoms with Gasteiger partial charge in [-0.2, -0.15) is 0 Å². The predicted octanol–water partition coefficient (Wildman–Crippen LogP) is 7.92. The second-order valence-electron chi connectivity index (χ2n) is 9.98. The van der Waals surface area contributed by atoms with E-state index in [1.54, 1.807) is 6.07 Å². The molecule has 1 saturated carbocycles. The van der Waals surface area contributed by atoms with E-state index in [0.29, 0.717) is 11.1 Å². The van der Waals surface area contributed by atoms with E-state index in [1.165, 1.54) is 54.0 Å². The van der Waals surface area contributed by atoms with Crippen molar-refractivity contribution in [2.45, 2.75) is 59.8 Å². The molecule has 0 aliphatic heterocycles. The zero-order chi connectivity index (χ0) is 24.1. The van der Waals surface area contributed by atoms with E-state index in [9.17, 15) is 4.39 Å². The van der Waals surface area contributed by atoms with Crippen LogP contribution in [-0.2, 0) is 6.42 Å². The van der Waals surface area contributed by atoms with E-state index >= 15 is 0 Å². The van der Waals surface area contributed by atoms with Gasteiger partial charge in [0.15, 0.2) is 0 Å². The molecule has 1 heteroatoms. The van der Waals surface area contributed by atoms with Crippen molar-refractivity contribution in [3.8, 4) is 23.7 Å². The maximum Gasteiger partial charge on any atom is 0.140 e. The minimum atomic E-state index is -0.334. The van der Waals surface area contributed by atoms with Crippen LogP contribution < -0.4 is 0 Å². The summed E-state index contributed by atoms with van der Waals surface area (Å²) >= 11 is 0. The zero-order valence-corrected chi connectivity index (χ0v) is 20.8. The molecule has 0 spiro atoms. The molecule has 1 fully saturated rings. The largest absolute Gasteiger partial charge is 0.206 e. The van der Waals surface area contributed by atoms with E-state index in [1.807, 2.05) is 37.3 Å². The molecule has 4 rings (SSSR count). The van der Waals surface area contributed by atoms with Crippen molar-refractivity contribution in [1.29, 1.82) is 0 Å². The normalized spacial score (nSPS) is 17.3. The fourth-order valence-electron chi connectivity index (χ4n) is 4.82. The molecule has 0 N–H and O–H groups in total. The summed E-state index contributed by atoms with van der Waals surface area (Å²) in [6, 6.07) is 17.3. The smallest absolute Gasteiger partial charge is 0.140 e. The molecule has 0 unspecified atom stereocenters. The highest BCUT2D eigenvalue weighted by molar-refractivity contribution is 5.51. The van der Waals surface area contributed by atoms with Crippen LogP contribution in [0.15, 0.2) is 54.6 Å². The van der Waals surface area contributed by atoms with Gasteiger partial charge >= 0.3 is 0 Å². The third-order valence-corrected chi connectivity index (χ3v) is 7.04. The average molecular weight is 449 g/mol. The summed E-state index contributed by atoms with van der Waals surface area (Å²) in [6.07, 6.45) is 6.55. The van der Waals surface area contributed by atoms with Crippen LogP contribution in [-0.4, -0.2) is 0 Å². The highest BCUT2D eigenvalue weighted by Crippen LogP contribution is 2.32. The van der Waals surface area contributed by atoms with Gasteiger partial charge in [0.2, 0.25) is 0 Å². The van der Waals surface area contributed by atoms with Crippen LogP contribution >= 0.6 is 0 Å². The second kappa shape index (κ2) is 10.8. The fourth-order valence-corrected chi connectivity index (χ4v) is 4.82. The lowest BCUT2D eigenvalue weighted by atomic mass is 9.79. The lowest BCUT2D eigenvalue weighted by molar-refractivity contribution is 0.288. The minimum Gasteiger partial charge on any atom is -0.206 e. The topological polar surface area (TPSA) is 0 Å². The predicted molar refractivity (Wildman–Crippen MR) is 140 cm³/mol. The van der Waals surface area contributed by atoms with Crippen molar-refractivity contribution < 1.29 is 4.39 Å². The number of rotatable bonds is 2. The van der Waals surface area contributed by atoms with E-state index in [4.69, 9.17) is 0 Å². The Morgan fingerprint density at radius 3 is 1.94 bits per heavy atom. The molecule has 0 heterocycles. The van der Waals surface area contributed by atoms with Crippen LogP contribution in [0.2, 0.25) is 0 Å². The first-order valence-electron chi connectivity index (χ1n) is 12.4. The molecular weight excluding hydrogens is 415 g/mol. The Balaban J connectivity index is 1.47. The molecule has 0 nitrogen and oxygen atoms in total. The first-order chi connectivity index (χ1) is 16.4. The van der Waals surface area contributed by atoms with Crippen molar-refractivity contribution in [2.75, 3.05) is 0 Å². The summed E-state index contributed by atoms with van der Waals surface area (Å²) in [4.78, 5) is 0. The molecule has 0 radical (unpaired) electrons. The van der Waals surface area contributed by atoms with Gasteiger partial charge < -0.3 is 0 Å². The van der Waals surface area contributed by atoms with E-state index in [0.717, 1.165) is 29.4 Å².